The van der Waals surface area contributed by atoms with Crippen LogP contribution in [-0.2, 0) is 19.1 Å². The fourth-order valence-electron chi connectivity index (χ4n) is 8.45. The monoisotopic (exact) mass is 840 g/mol. The Morgan fingerprint density at radius 2 is 1.70 bits per heavy atom. The zero-order chi connectivity index (χ0) is 43.5. The van der Waals surface area contributed by atoms with Crippen LogP contribution >= 0.6 is 0 Å². The van der Waals surface area contributed by atoms with Gasteiger partial charge in [-0.05, 0) is 102 Å². The van der Waals surface area contributed by atoms with Gasteiger partial charge in [-0.1, -0.05) is 51.0 Å². The largest absolute Gasteiger partial charge is 0.491 e. The highest BCUT2D eigenvalue weighted by Gasteiger charge is 2.54. The van der Waals surface area contributed by atoms with Gasteiger partial charge in [0, 0.05) is 44.1 Å². The number of furan rings is 1. The average Bonchev–Trinajstić information content (AvgIpc) is 3.64. The fraction of sp³-hybridized carbons (Fsp3) is 0.553. The first kappa shape index (κ1) is 45.3. The second-order valence-corrected chi connectivity index (χ2v) is 16.4. The topological polar surface area (TPSA) is 180 Å². The number of amides is 3. The number of nitrogens with one attached hydrogen (secondary N) is 2. The minimum atomic E-state index is -0.873. The molecule has 2 aromatic carbocycles. The van der Waals surface area contributed by atoms with Crippen LogP contribution in [0.25, 0.3) is 33.5 Å². The molecule has 5 atom stereocenters. The maximum absolute atomic E-state index is 14.6. The number of hydrogen-bond acceptors (Lipinski definition) is 11. The van der Waals surface area contributed by atoms with E-state index in [-0.39, 0.29) is 55.3 Å². The summed E-state index contributed by atoms with van der Waals surface area (Å²) < 4.78 is 28.8. The molecule has 14 nitrogen and oxygen atoms in total. The first-order chi connectivity index (χ1) is 29.6. The molecular weight excluding hydrogens is 777 g/mol. The number of allylic oxidation sites excluding steroid dienone is 1. The Hall–Kier alpha value is -5.21. The Kier molecular flexibility index (Phi) is 15.6. The highest BCUT2D eigenvalue weighted by atomic mass is 16.6. The molecule has 2 saturated carbocycles. The standard InChI is InChI=1S/C43H52N6O7.C2H6O.C2H6/c1-26(2)53-30-20-18-27(19-21-30)38-46-36-32-15-10-11-17-35(32)56-37(36)40(47-38)54-31-22-34-39(50)48-43(25-44)23-28(43)12-6-4-3-5-7-16-33(41(51)49(34)24-31)45-42(52)55-29-13-8-9-14-29;1-3-2;1-2/h6,10-12,15,17-21,26,28-29,31,33-34H,3-5,7-9,13-14,16,22-25,44H2,1-2H3,(H,45,52)(H,48,50);1-2H3;1-2H3/b12-6-;;/t28?,31-,33+,34+,43+;;/m1../s1. The molecule has 4 N–H and O–H groups in total. The summed E-state index contributed by atoms with van der Waals surface area (Å²) >= 11 is 0. The minimum Gasteiger partial charge on any atom is -0.491 e. The van der Waals surface area contributed by atoms with Crippen LogP contribution in [0.5, 0.6) is 11.6 Å². The Labute approximate surface area is 359 Å². The van der Waals surface area contributed by atoms with E-state index in [0.717, 1.165) is 74.5 Å². The van der Waals surface area contributed by atoms with Gasteiger partial charge in [-0.2, -0.15) is 4.98 Å². The van der Waals surface area contributed by atoms with E-state index in [2.05, 4.69) is 27.5 Å². The molecule has 1 saturated heterocycles. The SMILES string of the molecule is CC.CC(C)Oc1ccc(-c2nc(O[C@@H]3C[C@H]4C(=O)N[C@]5(CN)CC5/C=C\CCCCC[C@H](NC(=O)OC5CCCC5)C(=O)N4C3)c3oc4ccccc4c3n2)cc1.COC. The summed E-state index contributed by atoms with van der Waals surface area (Å²) in [5, 5.41) is 6.93. The summed E-state index contributed by atoms with van der Waals surface area (Å²) in [6.07, 6.45) is 11.5. The van der Waals surface area contributed by atoms with Crippen LogP contribution in [0.3, 0.4) is 0 Å². The number of nitrogens with two attached hydrogens (primary N) is 1. The summed E-state index contributed by atoms with van der Waals surface area (Å²) in [7, 11) is 3.25. The molecule has 2 aliphatic heterocycles. The molecule has 2 aliphatic carbocycles. The summed E-state index contributed by atoms with van der Waals surface area (Å²) in [4.78, 5) is 53.4. The van der Waals surface area contributed by atoms with E-state index in [4.69, 9.17) is 34.3 Å². The lowest BCUT2D eigenvalue weighted by Crippen LogP contribution is -2.56. The minimum absolute atomic E-state index is 0.0283. The summed E-state index contributed by atoms with van der Waals surface area (Å²) in [5.74, 6) is 0.865. The van der Waals surface area contributed by atoms with Crippen molar-refractivity contribution in [2.45, 2.75) is 134 Å². The normalized spacial score (nSPS) is 24.8. The summed E-state index contributed by atoms with van der Waals surface area (Å²) in [6, 6.07) is 13.4. The second-order valence-electron chi connectivity index (χ2n) is 16.4. The van der Waals surface area contributed by atoms with Crippen LogP contribution in [0, 0.1) is 5.92 Å². The van der Waals surface area contributed by atoms with Crippen LogP contribution < -0.4 is 25.8 Å². The van der Waals surface area contributed by atoms with Crippen molar-refractivity contribution in [3.05, 3.63) is 60.7 Å². The van der Waals surface area contributed by atoms with Crippen molar-refractivity contribution in [2.24, 2.45) is 11.7 Å². The fourth-order valence-corrected chi connectivity index (χ4v) is 8.45. The third kappa shape index (κ3) is 11.0. The molecular formula is C47H64N6O8. The van der Waals surface area contributed by atoms with Crippen LogP contribution in [-0.4, -0.2) is 96.0 Å². The maximum atomic E-state index is 14.6. The van der Waals surface area contributed by atoms with E-state index in [0.29, 0.717) is 28.9 Å². The number of rotatable bonds is 8. The van der Waals surface area contributed by atoms with Crippen molar-refractivity contribution in [1.82, 2.24) is 25.5 Å². The zero-order valence-corrected chi connectivity index (χ0v) is 36.6. The molecule has 3 fully saturated rings. The van der Waals surface area contributed by atoms with Crippen LogP contribution in [0.1, 0.15) is 98.3 Å². The van der Waals surface area contributed by atoms with Crippen LogP contribution in [0.2, 0.25) is 0 Å². The van der Waals surface area contributed by atoms with Gasteiger partial charge in [-0.3, -0.25) is 9.59 Å². The quantitative estimate of drug-likeness (QED) is 0.147. The van der Waals surface area contributed by atoms with E-state index in [1.807, 2.05) is 76.2 Å². The number of para-hydroxylation sites is 1. The number of aromatic nitrogens is 2. The number of alkyl carbamates (subject to hydrolysis) is 1. The smallest absolute Gasteiger partial charge is 0.408 e. The van der Waals surface area contributed by atoms with Crippen LogP contribution in [0.4, 0.5) is 4.79 Å². The molecule has 0 spiro atoms. The number of ether oxygens (including phenoxy) is 4. The van der Waals surface area contributed by atoms with Gasteiger partial charge in [0.25, 0.3) is 5.88 Å². The van der Waals surface area contributed by atoms with Crippen molar-refractivity contribution in [2.75, 3.05) is 27.3 Å². The Bertz CT molecular complexity index is 2120. The second kappa shape index (κ2) is 21.0. The van der Waals surface area contributed by atoms with Crippen molar-refractivity contribution < 1.29 is 37.7 Å². The molecule has 4 aliphatic rings. The zero-order valence-electron chi connectivity index (χ0n) is 36.6. The maximum Gasteiger partial charge on any atom is 0.408 e. The van der Waals surface area contributed by atoms with E-state index >= 15 is 0 Å². The lowest BCUT2D eigenvalue weighted by Gasteiger charge is -2.30. The van der Waals surface area contributed by atoms with E-state index in [9.17, 15) is 14.4 Å². The first-order valence-electron chi connectivity index (χ1n) is 22.1. The van der Waals surface area contributed by atoms with Gasteiger partial charge in [-0.15, -0.1) is 0 Å². The third-order valence-electron chi connectivity index (χ3n) is 11.6. The molecule has 4 heterocycles. The molecule has 61 heavy (non-hydrogen) atoms. The number of fused-ring (bicyclic) bond motifs is 5. The Morgan fingerprint density at radius 3 is 2.43 bits per heavy atom. The number of benzene rings is 2. The molecule has 0 bridgehead atoms. The van der Waals surface area contributed by atoms with Gasteiger partial charge in [0.1, 0.15) is 41.1 Å². The van der Waals surface area contributed by atoms with Crippen molar-refractivity contribution in [3.8, 4) is 23.0 Å². The number of carbonyl (C=O) groups excluding carboxylic acids is 3. The van der Waals surface area contributed by atoms with Gasteiger partial charge in [0.2, 0.25) is 17.4 Å². The molecule has 14 heteroatoms. The highest BCUT2D eigenvalue weighted by Crippen LogP contribution is 2.44. The number of carbonyl (C=O) groups is 3. The lowest BCUT2D eigenvalue weighted by atomic mass is 10.0. The summed E-state index contributed by atoms with van der Waals surface area (Å²) in [5.41, 5.74) is 8.05. The van der Waals surface area contributed by atoms with E-state index < -0.39 is 29.8 Å². The van der Waals surface area contributed by atoms with Gasteiger partial charge in [0.15, 0.2) is 5.82 Å². The van der Waals surface area contributed by atoms with Gasteiger partial charge >= 0.3 is 6.09 Å². The van der Waals surface area contributed by atoms with Gasteiger partial charge < -0.3 is 44.6 Å². The molecule has 3 amide bonds. The van der Waals surface area contributed by atoms with E-state index in [1.54, 1.807) is 19.1 Å². The predicted molar refractivity (Wildman–Crippen MR) is 235 cm³/mol. The molecule has 4 aromatic rings. The molecule has 330 valence electrons. The predicted octanol–water partition coefficient (Wildman–Crippen LogP) is 7.86. The van der Waals surface area contributed by atoms with Gasteiger partial charge in [0.05, 0.1) is 18.2 Å². The van der Waals surface area contributed by atoms with Crippen molar-refractivity contribution >= 4 is 40.0 Å². The molecule has 2 aromatic heterocycles. The Balaban J connectivity index is 0.00000119. The summed E-state index contributed by atoms with van der Waals surface area (Å²) in [6.45, 7) is 8.32. The number of nitrogens with zero attached hydrogens (tertiary/aromatic N) is 3. The van der Waals surface area contributed by atoms with Crippen molar-refractivity contribution in [1.29, 1.82) is 0 Å². The number of methoxy groups -OCH3 is 1. The number of hydrogen-bond donors (Lipinski definition) is 3. The highest BCUT2D eigenvalue weighted by molar-refractivity contribution is 6.04. The van der Waals surface area contributed by atoms with Gasteiger partial charge in [-0.25, -0.2) is 9.78 Å². The molecule has 0 radical (unpaired) electrons. The third-order valence-corrected chi connectivity index (χ3v) is 11.6. The Morgan fingerprint density at radius 1 is 0.984 bits per heavy atom. The first-order valence-corrected chi connectivity index (χ1v) is 22.1. The molecule has 8 rings (SSSR count). The van der Waals surface area contributed by atoms with Crippen molar-refractivity contribution in [3.63, 3.8) is 0 Å². The van der Waals surface area contributed by atoms with E-state index in [1.165, 1.54) is 0 Å². The average molecular weight is 841 g/mol. The lowest BCUT2D eigenvalue weighted by molar-refractivity contribution is -0.140. The van der Waals surface area contributed by atoms with Crippen LogP contribution in [0.15, 0.2) is 65.1 Å². The molecule has 1 unspecified atom stereocenters.